The van der Waals surface area contributed by atoms with Crippen LogP contribution in [0.4, 0.5) is 0 Å². The van der Waals surface area contributed by atoms with Crippen molar-refractivity contribution in [3.05, 3.63) is 49.1 Å². The molecule has 0 N–H and O–H groups in total. The lowest BCUT2D eigenvalue weighted by Crippen LogP contribution is -2.43. The van der Waals surface area contributed by atoms with Crippen LogP contribution in [-0.4, -0.2) is 18.8 Å². The molecular weight excluding hydrogens is 216 g/mol. The fourth-order valence-electron chi connectivity index (χ4n) is 1.93. The van der Waals surface area contributed by atoms with E-state index >= 15 is 0 Å². The summed E-state index contributed by atoms with van der Waals surface area (Å²) in [5.41, 5.74) is 1.27. The maximum absolute atomic E-state index is 5.86. The third-order valence-electron chi connectivity index (χ3n) is 3.46. The molecule has 0 fully saturated rings. The normalized spacial score (nSPS) is 26.1. The Morgan fingerprint density at radius 3 is 2.67 bits per heavy atom. The molecule has 0 aliphatic heterocycles. The van der Waals surface area contributed by atoms with E-state index in [1.54, 1.807) is 0 Å². The lowest BCUT2D eigenvalue weighted by Gasteiger charge is -2.41. The molecule has 0 aromatic heterocycles. The Morgan fingerprint density at radius 1 is 1.53 bits per heavy atom. The zero-order valence-corrected chi connectivity index (χ0v) is 12.9. The van der Waals surface area contributed by atoms with Gasteiger partial charge in [0.25, 0.3) is 0 Å². The first kappa shape index (κ1) is 12.4. The molecule has 0 spiro atoms. The molecule has 0 heterocycles. The lowest BCUT2D eigenvalue weighted by molar-refractivity contribution is 0.554. The van der Waals surface area contributed by atoms with Gasteiger partial charge in [0.1, 0.15) is 10.5 Å². The van der Waals surface area contributed by atoms with Gasteiger partial charge in [0, 0.05) is 5.04 Å². The van der Waals surface area contributed by atoms with Gasteiger partial charge in [-0.2, -0.15) is 0 Å². The van der Waals surface area contributed by atoms with E-state index in [4.69, 9.17) is 4.12 Å². The Balaban J connectivity index is 3.09. The summed E-state index contributed by atoms with van der Waals surface area (Å²) in [6, 6.07) is 0. The van der Waals surface area contributed by atoms with E-state index in [0.29, 0.717) is 0 Å². The second kappa shape index (κ2) is 4.47. The summed E-state index contributed by atoms with van der Waals surface area (Å²) >= 11 is 0. The van der Waals surface area contributed by atoms with E-state index in [1.165, 1.54) is 5.57 Å². The van der Waals surface area contributed by atoms with Gasteiger partial charge in [-0.1, -0.05) is 37.0 Å². The molecule has 82 valence electrons. The number of hydrogen-bond acceptors (Lipinski definition) is 1. The van der Waals surface area contributed by atoms with Gasteiger partial charge in [-0.05, 0) is 25.1 Å². The Hall–Kier alpha value is -0.646. The molecular formula is C12H20OSi2. The van der Waals surface area contributed by atoms with E-state index in [9.17, 15) is 0 Å². The zero-order valence-electron chi connectivity index (χ0n) is 9.92. The second-order valence-electron chi connectivity index (χ2n) is 4.44. The fraction of sp³-hybridized carbons (Fsp3) is 0.333. The molecule has 0 aromatic rings. The van der Waals surface area contributed by atoms with E-state index in [2.05, 4.69) is 50.6 Å². The summed E-state index contributed by atoms with van der Waals surface area (Å²) in [6.07, 6.45) is 11.4. The molecule has 0 bridgehead atoms. The van der Waals surface area contributed by atoms with Crippen molar-refractivity contribution in [3.8, 4) is 0 Å². The highest BCUT2D eigenvalue weighted by Crippen LogP contribution is 2.48. The molecule has 1 nitrogen and oxygen atoms in total. The number of hydrogen-bond donors (Lipinski definition) is 0. The second-order valence-corrected chi connectivity index (χ2v) is 10.0. The molecule has 0 saturated heterocycles. The average molecular weight is 236 g/mol. The molecule has 3 heteroatoms. The summed E-state index contributed by atoms with van der Waals surface area (Å²) in [5, 5.41) is 0.0347. The average Bonchev–Trinajstić information content (AvgIpc) is 2.28. The summed E-state index contributed by atoms with van der Waals surface area (Å²) in [6.45, 7) is 12.4. The van der Waals surface area contributed by atoms with Crippen molar-refractivity contribution in [2.24, 2.45) is 0 Å². The molecule has 1 aliphatic rings. The Labute approximate surface area is 96.9 Å². The van der Waals surface area contributed by atoms with E-state index in [-0.39, 0.29) is 5.04 Å². The van der Waals surface area contributed by atoms with E-state index in [0.717, 1.165) is 16.9 Å². The minimum Gasteiger partial charge on any atom is -0.463 e. The smallest absolute Gasteiger partial charge is 0.187 e. The monoisotopic (exact) mass is 236 g/mol. The maximum atomic E-state index is 5.86. The highest BCUT2D eigenvalue weighted by Gasteiger charge is 2.44. The Morgan fingerprint density at radius 2 is 2.20 bits per heavy atom. The van der Waals surface area contributed by atoms with Gasteiger partial charge < -0.3 is 4.12 Å². The fourth-order valence-corrected chi connectivity index (χ4v) is 5.07. The lowest BCUT2D eigenvalue weighted by atomic mass is 9.93. The molecule has 1 aliphatic carbocycles. The highest BCUT2D eigenvalue weighted by molar-refractivity contribution is 6.77. The maximum Gasteiger partial charge on any atom is 0.187 e. The SMILES string of the molecule is C=CC1=CC=CC(C=C)([Si](C)(C)O[SiH3])C1. The first-order chi connectivity index (χ1) is 7.01. The van der Waals surface area contributed by atoms with Crippen molar-refractivity contribution in [2.75, 3.05) is 0 Å². The van der Waals surface area contributed by atoms with Gasteiger partial charge in [0.15, 0.2) is 8.32 Å². The highest BCUT2D eigenvalue weighted by atomic mass is 28.4. The van der Waals surface area contributed by atoms with Gasteiger partial charge >= 0.3 is 0 Å². The molecule has 0 radical (unpaired) electrons. The van der Waals surface area contributed by atoms with Crippen molar-refractivity contribution in [1.29, 1.82) is 0 Å². The summed E-state index contributed by atoms with van der Waals surface area (Å²) in [5.74, 6) is 0. The van der Waals surface area contributed by atoms with Crippen molar-refractivity contribution >= 4 is 18.8 Å². The minimum atomic E-state index is -1.72. The van der Waals surface area contributed by atoms with Crippen LogP contribution in [0.5, 0.6) is 0 Å². The summed E-state index contributed by atoms with van der Waals surface area (Å²) in [4.78, 5) is 0. The van der Waals surface area contributed by atoms with Gasteiger partial charge in [0.05, 0.1) is 0 Å². The molecule has 1 atom stereocenters. The largest absolute Gasteiger partial charge is 0.463 e. The topological polar surface area (TPSA) is 9.23 Å². The van der Waals surface area contributed by atoms with Gasteiger partial charge in [-0.3, -0.25) is 0 Å². The molecule has 15 heavy (non-hydrogen) atoms. The van der Waals surface area contributed by atoms with Gasteiger partial charge in [-0.25, -0.2) is 0 Å². The number of allylic oxidation sites excluding steroid dienone is 6. The Bertz CT molecular complexity index is 329. The molecule has 0 saturated carbocycles. The standard InChI is InChI=1S/C12H20OSi2/c1-5-11-8-7-9-12(6-2,10-11)15(3,4)13-14/h5-9H,1-2,10H2,3-4,14H3. The van der Waals surface area contributed by atoms with Crippen molar-refractivity contribution in [3.63, 3.8) is 0 Å². The summed E-state index contributed by atoms with van der Waals surface area (Å²) in [7, 11) is -0.918. The summed E-state index contributed by atoms with van der Waals surface area (Å²) < 4.78 is 5.86. The van der Waals surface area contributed by atoms with Crippen LogP contribution < -0.4 is 0 Å². The van der Waals surface area contributed by atoms with Crippen LogP contribution in [0.25, 0.3) is 0 Å². The predicted octanol–water partition coefficient (Wildman–Crippen LogP) is 2.49. The van der Waals surface area contributed by atoms with Gasteiger partial charge in [-0.15, -0.1) is 6.58 Å². The van der Waals surface area contributed by atoms with Crippen LogP contribution in [0.1, 0.15) is 6.42 Å². The molecule has 1 rings (SSSR count). The van der Waals surface area contributed by atoms with Crippen LogP contribution in [0.2, 0.25) is 18.1 Å². The molecule has 0 amide bonds. The van der Waals surface area contributed by atoms with Crippen molar-refractivity contribution in [2.45, 2.75) is 24.6 Å². The van der Waals surface area contributed by atoms with Crippen LogP contribution in [-0.2, 0) is 4.12 Å². The van der Waals surface area contributed by atoms with Gasteiger partial charge in [0.2, 0.25) is 0 Å². The van der Waals surface area contributed by atoms with Crippen LogP contribution in [0.15, 0.2) is 49.1 Å². The third-order valence-corrected chi connectivity index (χ3v) is 10.3. The first-order valence-corrected chi connectivity index (χ1v) is 8.93. The van der Waals surface area contributed by atoms with Crippen molar-refractivity contribution in [1.82, 2.24) is 0 Å². The molecule has 0 aromatic carbocycles. The van der Waals surface area contributed by atoms with Crippen LogP contribution >= 0.6 is 0 Å². The van der Waals surface area contributed by atoms with E-state index in [1.807, 2.05) is 6.08 Å². The predicted molar refractivity (Wildman–Crippen MR) is 73.4 cm³/mol. The first-order valence-electron chi connectivity index (χ1n) is 5.21. The quantitative estimate of drug-likeness (QED) is 0.538. The zero-order chi connectivity index (χ0) is 11.5. The minimum absolute atomic E-state index is 0.0347. The number of rotatable bonds is 4. The molecule has 1 unspecified atom stereocenters. The van der Waals surface area contributed by atoms with Crippen LogP contribution in [0, 0.1) is 0 Å². The van der Waals surface area contributed by atoms with Crippen LogP contribution in [0.3, 0.4) is 0 Å². The third kappa shape index (κ3) is 2.14. The Kier molecular flexibility index (Phi) is 3.70. The van der Waals surface area contributed by atoms with E-state index < -0.39 is 8.32 Å². The van der Waals surface area contributed by atoms with Crippen molar-refractivity contribution < 1.29 is 4.12 Å².